The van der Waals surface area contributed by atoms with Gasteiger partial charge in [0.25, 0.3) is 0 Å². The van der Waals surface area contributed by atoms with Gasteiger partial charge in [-0.05, 0) is 34.9 Å². The Kier molecular flexibility index (Phi) is 4.38. The lowest BCUT2D eigenvalue weighted by atomic mass is 10.1. The van der Waals surface area contributed by atoms with Crippen molar-refractivity contribution >= 4 is 6.09 Å². The molecule has 1 amide bonds. The average Bonchev–Trinajstić information content (AvgIpc) is 2.44. The van der Waals surface area contributed by atoms with Crippen molar-refractivity contribution in [2.24, 2.45) is 5.92 Å². The van der Waals surface area contributed by atoms with E-state index in [0.29, 0.717) is 13.1 Å². The number of rotatable bonds is 2. The fraction of sp³-hybridized carbons (Fsp3) is 0.917. The van der Waals surface area contributed by atoms with Gasteiger partial charge in [-0.15, -0.1) is 0 Å². The number of nitrogens with zero attached hydrogens (tertiary/aromatic N) is 2. The molecule has 17 heavy (non-hydrogen) atoms. The van der Waals surface area contributed by atoms with E-state index >= 15 is 0 Å². The molecule has 0 aromatic rings. The van der Waals surface area contributed by atoms with Gasteiger partial charge in [0.15, 0.2) is 0 Å². The van der Waals surface area contributed by atoms with Crippen molar-refractivity contribution in [1.82, 2.24) is 9.80 Å². The minimum Gasteiger partial charge on any atom is -0.444 e. The van der Waals surface area contributed by atoms with Crippen LogP contribution < -0.4 is 0 Å². The molecule has 0 spiro atoms. The number of hydrogen-bond acceptors (Lipinski definition) is 4. The van der Waals surface area contributed by atoms with Crippen LogP contribution in [-0.4, -0.2) is 66.4 Å². The summed E-state index contributed by atoms with van der Waals surface area (Å²) in [5.41, 5.74) is -0.484. The molecule has 2 atom stereocenters. The Balaban J connectivity index is 2.51. The monoisotopic (exact) mass is 244 g/mol. The van der Waals surface area contributed by atoms with Crippen LogP contribution in [0.3, 0.4) is 0 Å². The Labute approximate surface area is 103 Å². The van der Waals surface area contributed by atoms with Crippen LogP contribution in [-0.2, 0) is 4.74 Å². The summed E-state index contributed by atoms with van der Waals surface area (Å²) >= 11 is 0. The number of amides is 1. The van der Waals surface area contributed by atoms with Gasteiger partial charge in [0.1, 0.15) is 5.60 Å². The highest BCUT2D eigenvalue weighted by Gasteiger charge is 2.36. The summed E-state index contributed by atoms with van der Waals surface area (Å²) in [7, 11) is 3.92. The lowest BCUT2D eigenvalue weighted by molar-refractivity contribution is 0.0269. The van der Waals surface area contributed by atoms with Crippen LogP contribution in [0.2, 0.25) is 0 Å². The predicted molar refractivity (Wildman–Crippen MR) is 65.9 cm³/mol. The third-order valence-electron chi connectivity index (χ3n) is 2.66. The molecule has 0 aromatic carbocycles. The molecule has 2 unspecified atom stereocenters. The van der Waals surface area contributed by atoms with Crippen molar-refractivity contribution in [3.05, 3.63) is 0 Å². The van der Waals surface area contributed by atoms with E-state index < -0.39 is 11.7 Å². The SMILES string of the molecule is CN(C)CC1CN(C(=O)OC(C)(C)C)CC1O. The summed E-state index contributed by atoms with van der Waals surface area (Å²) in [6.07, 6.45) is -0.789. The first kappa shape index (κ1) is 14.3. The van der Waals surface area contributed by atoms with Gasteiger partial charge in [-0.2, -0.15) is 0 Å². The number of aliphatic hydroxyl groups excluding tert-OH is 1. The van der Waals surface area contributed by atoms with Gasteiger partial charge in [0.05, 0.1) is 12.6 Å². The fourth-order valence-corrected chi connectivity index (χ4v) is 1.98. The molecule has 0 aliphatic carbocycles. The molecular weight excluding hydrogens is 220 g/mol. The lowest BCUT2D eigenvalue weighted by Crippen LogP contribution is -2.36. The average molecular weight is 244 g/mol. The number of β-amino-alcohol motifs (C(OH)–C–C–N with tert-alkyl or cyclic N) is 1. The Bertz CT molecular complexity index is 273. The van der Waals surface area contributed by atoms with Crippen LogP contribution in [0.5, 0.6) is 0 Å². The Hall–Kier alpha value is -0.810. The maximum atomic E-state index is 11.8. The number of carbonyl (C=O) groups excluding carboxylic acids is 1. The summed E-state index contributed by atoms with van der Waals surface area (Å²) in [6, 6.07) is 0. The van der Waals surface area contributed by atoms with E-state index in [1.54, 1.807) is 4.90 Å². The number of aliphatic hydroxyl groups is 1. The van der Waals surface area contributed by atoms with Crippen molar-refractivity contribution in [2.45, 2.75) is 32.5 Å². The molecule has 1 saturated heterocycles. The second-order valence-corrected chi connectivity index (χ2v) is 5.97. The van der Waals surface area contributed by atoms with Crippen LogP contribution >= 0.6 is 0 Å². The molecule has 0 bridgehead atoms. The Morgan fingerprint density at radius 3 is 2.47 bits per heavy atom. The van der Waals surface area contributed by atoms with E-state index in [2.05, 4.69) is 0 Å². The summed E-state index contributed by atoms with van der Waals surface area (Å²) in [4.78, 5) is 15.4. The van der Waals surface area contributed by atoms with E-state index in [4.69, 9.17) is 4.74 Å². The van der Waals surface area contributed by atoms with Gasteiger partial charge in [-0.3, -0.25) is 0 Å². The van der Waals surface area contributed by atoms with Gasteiger partial charge in [-0.1, -0.05) is 0 Å². The second kappa shape index (κ2) is 5.23. The van der Waals surface area contributed by atoms with Gasteiger partial charge < -0.3 is 19.6 Å². The number of hydrogen-bond donors (Lipinski definition) is 1. The van der Waals surface area contributed by atoms with Gasteiger partial charge in [-0.25, -0.2) is 4.79 Å². The molecule has 5 heteroatoms. The van der Waals surface area contributed by atoms with E-state index in [0.717, 1.165) is 6.54 Å². The molecule has 1 aliphatic rings. The predicted octanol–water partition coefficient (Wildman–Crippen LogP) is 0.776. The van der Waals surface area contributed by atoms with Crippen molar-refractivity contribution in [3.63, 3.8) is 0 Å². The van der Waals surface area contributed by atoms with Crippen molar-refractivity contribution in [2.75, 3.05) is 33.7 Å². The highest BCUT2D eigenvalue weighted by molar-refractivity contribution is 5.68. The van der Waals surface area contributed by atoms with E-state index in [-0.39, 0.29) is 12.0 Å². The summed E-state index contributed by atoms with van der Waals surface area (Å²) in [5, 5.41) is 9.88. The first-order valence-electron chi connectivity index (χ1n) is 6.00. The van der Waals surface area contributed by atoms with Crippen LogP contribution in [0.1, 0.15) is 20.8 Å². The van der Waals surface area contributed by atoms with Gasteiger partial charge >= 0.3 is 6.09 Å². The minimum atomic E-state index is -0.484. The molecule has 100 valence electrons. The first-order chi connectivity index (χ1) is 7.69. The van der Waals surface area contributed by atoms with Crippen molar-refractivity contribution in [1.29, 1.82) is 0 Å². The standard InChI is InChI=1S/C12H24N2O3/c1-12(2,3)17-11(16)14-7-9(6-13(4)5)10(15)8-14/h9-10,15H,6-8H2,1-5H3. The van der Waals surface area contributed by atoms with Crippen LogP contribution in [0.25, 0.3) is 0 Å². The number of carbonyl (C=O) groups is 1. The molecular formula is C12H24N2O3. The Morgan fingerprint density at radius 1 is 1.41 bits per heavy atom. The molecule has 0 saturated carbocycles. The molecule has 0 aromatic heterocycles. The zero-order valence-corrected chi connectivity index (χ0v) is 11.4. The van der Waals surface area contributed by atoms with Crippen molar-refractivity contribution < 1.29 is 14.6 Å². The quantitative estimate of drug-likeness (QED) is 0.780. The normalized spacial score (nSPS) is 25.5. The van der Waals surface area contributed by atoms with E-state index in [9.17, 15) is 9.90 Å². The summed E-state index contributed by atoms with van der Waals surface area (Å²) in [6.45, 7) is 7.24. The first-order valence-corrected chi connectivity index (χ1v) is 6.00. The largest absolute Gasteiger partial charge is 0.444 e. The molecule has 1 aliphatic heterocycles. The maximum absolute atomic E-state index is 11.8. The number of ether oxygens (including phenoxy) is 1. The highest BCUT2D eigenvalue weighted by Crippen LogP contribution is 2.20. The van der Waals surface area contributed by atoms with Gasteiger partial charge in [0, 0.05) is 19.0 Å². The third-order valence-corrected chi connectivity index (χ3v) is 2.66. The highest BCUT2D eigenvalue weighted by atomic mass is 16.6. The van der Waals surface area contributed by atoms with Crippen molar-refractivity contribution in [3.8, 4) is 0 Å². The molecule has 1 heterocycles. The zero-order valence-electron chi connectivity index (χ0n) is 11.4. The smallest absolute Gasteiger partial charge is 0.410 e. The van der Waals surface area contributed by atoms with Crippen LogP contribution in [0, 0.1) is 5.92 Å². The number of likely N-dealkylation sites (tertiary alicyclic amines) is 1. The zero-order chi connectivity index (χ0) is 13.2. The molecule has 5 nitrogen and oxygen atoms in total. The van der Waals surface area contributed by atoms with Crippen LogP contribution in [0.15, 0.2) is 0 Å². The Morgan fingerprint density at radius 2 is 2.00 bits per heavy atom. The lowest BCUT2D eigenvalue weighted by Gasteiger charge is -2.24. The topological polar surface area (TPSA) is 53.0 Å². The molecule has 1 N–H and O–H groups in total. The third kappa shape index (κ3) is 4.52. The molecule has 1 fully saturated rings. The minimum absolute atomic E-state index is 0.109. The molecule has 0 radical (unpaired) electrons. The van der Waals surface area contributed by atoms with E-state index in [1.807, 2.05) is 39.8 Å². The molecule has 1 rings (SSSR count). The van der Waals surface area contributed by atoms with Crippen LogP contribution in [0.4, 0.5) is 4.79 Å². The van der Waals surface area contributed by atoms with E-state index in [1.165, 1.54) is 0 Å². The summed E-state index contributed by atoms with van der Waals surface area (Å²) < 4.78 is 5.29. The summed E-state index contributed by atoms with van der Waals surface area (Å²) in [5.74, 6) is 0.109. The van der Waals surface area contributed by atoms with Gasteiger partial charge in [0.2, 0.25) is 0 Å². The maximum Gasteiger partial charge on any atom is 0.410 e. The second-order valence-electron chi connectivity index (χ2n) is 5.97. The fourth-order valence-electron chi connectivity index (χ4n) is 1.98.